The number of primary amides is 1. The van der Waals surface area contributed by atoms with E-state index in [-0.39, 0.29) is 24.7 Å². The van der Waals surface area contributed by atoms with E-state index >= 15 is 0 Å². The first-order chi connectivity index (χ1) is 20.2. The third kappa shape index (κ3) is 10.9. The molecule has 0 aliphatic carbocycles. The predicted molar refractivity (Wildman–Crippen MR) is 155 cm³/mol. The minimum atomic E-state index is -1.43. The van der Waals surface area contributed by atoms with Crippen LogP contribution in [-0.2, 0) is 42.8 Å². The molecule has 4 N–H and O–H groups in total. The zero-order chi connectivity index (χ0) is 30.3. The maximum atomic E-state index is 13.2. The molecule has 3 amide bonds. The lowest BCUT2D eigenvalue weighted by molar-refractivity contribution is -0.384. The van der Waals surface area contributed by atoms with Gasteiger partial charge in [-0.2, -0.15) is 11.8 Å². The molecule has 3 rings (SSSR count). The van der Waals surface area contributed by atoms with Crippen molar-refractivity contribution >= 4 is 41.3 Å². The molecular weight excluding hydrogens is 564 g/mol. The van der Waals surface area contributed by atoms with Gasteiger partial charge in [-0.15, -0.1) is 0 Å². The van der Waals surface area contributed by atoms with Crippen LogP contribution in [0.4, 0.5) is 10.5 Å². The molecule has 12 nitrogen and oxygen atoms in total. The number of amides is 3. The van der Waals surface area contributed by atoms with Crippen LogP contribution in [0.15, 0.2) is 84.9 Å². The number of carbonyl (C=O) groups is 4. The van der Waals surface area contributed by atoms with Crippen LogP contribution in [0.3, 0.4) is 0 Å². The van der Waals surface area contributed by atoms with Crippen molar-refractivity contribution < 1.29 is 33.6 Å². The topological polar surface area (TPSA) is 180 Å². The third-order valence-corrected chi connectivity index (χ3v) is 6.86. The van der Waals surface area contributed by atoms with E-state index < -0.39 is 47.3 Å². The lowest BCUT2D eigenvalue weighted by atomic mass is 10.1. The summed E-state index contributed by atoms with van der Waals surface area (Å²) in [6.45, 7) is -0.278. The second-order valence-electron chi connectivity index (χ2n) is 9.02. The number of nitro benzene ring substituents is 1. The quantitative estimate of drug-likeness (QED) is 0.135. The van der Waals surface area contributed by atoms with Crippen LogP contribution in [0.2, 0.25) is 0 Å². The first-order valence-electron chi connectivity index (χ1n) is 12.8. The number of non-ortho nitro benzene ring substituents is 1. The number of thioether (sulfide) groups is 1. The molecule has 0 saturated heterocycles. The fourth-order valence-electron chi connectivity index (χ4n) is 3.59. The van der Waals surface area contributed by atoms with Gasteiger partial charge in [0.2, 0.25) is 11.8 Å². The standard InChI is InChI=1S/C29H30N4O8S/c30-26(34)15-24(28(36)40-16-21-11-13-23(14-12-21)33(38)39)31-27(35)25(19-42-18-22-9-5-2-6-10-22)32-29(37)41-17-20-7-3-1-4-8-20/h1-14,24-25H,15-19H2,(H2,30,34)(H,31,35)(H,32,37)/t24-,25-/m0/s1. The summed E-state index contributed by atoms with van der Waals surface area (Å²) in [4.78, 5) is 60.5. The van der Waals surface area contributed by atoms with Gasteiger partial charge in [-0.1, -0.05) is 60.7 Å². The van der Waals surface area contributed by atoms with Crippen molar-refractivity contribution in [3.8, 4) is 0 Å². The molecule has 0 aliphatic rings. The van der Waals surface area contributed by atoms with Gasteiger partial charge in [-0.25, -0.2) is 9.59 Å². The summed E-state index contributed by atoms with van der Waals surface area (Å²) in [5, 5.41) is 15.8. The first-order valence-corrected chi connectivity index (χ1v) is 13.9. The second-order valence-corrected chi connectivity index (χ2v) is 10.1. The van der Waals surface area contributed by atoms with E-state index in [9.17, 15) is 29.3 Å². The highest BCUT2D eigenvalue weighted by Crippen LogP contribution is 2.15. The predicted octanol–water partition coefficient (Wildman–Crippen LogP) is 3.23. The molecule has 0 heterocycles. The number of carbonyl (C=O) groups excluding carboxylic acids is 4. The Labute approximate surface area is 246 Å². The van der Waals surface area contributed by atoms with Gasteiger partial charge in [-0.3, -0.25) is 19.7 Å². The number of hydrogen-bond donors (Lipinski definition) is 3. The largest absolute Gasteiger partial charge is 0.459 e. The van der Waals surface area contributed by atoms with E-state index in [0.29, 0.717) is 11.3 Å². The molecule has 2 atom stereocenters. The number of nitro groups is 1. The van der Waals surface area contributed by atoms with Crippen LogP contribution in [0.1, 0.15) is 23.1 Å². The van der Waals surface area contributed by atoms with Crippen molar-refractivity contribution in [2.75, 3.05) is 5.75 Å². The van der Waals surface area contributed by atoms with Crippen LogP contribution < -0.4 is 16.4 Å². The van der Waals surface area contributed by atoms with Crippen LogP contribution in [0.25, 0.3) is 0 Å². The van der Waals surface area contributed by atoms with Gasteiger partial charge in [-0.05, 0) is 28.8 Å². The van der Waals surface area contributed by atoms with Crippen LogP contribution >= 0.6 is 11.8 Å². The maximum Gasteiger partial charge on any atom is 0.408 e. The summed E-state index contributed by atoms with van der Waals surface area (Å²) in [5.74, 6) is -1.87. The zero-order valence-electron chi connectivity index (χ0n) is 22.5. The van der Waals surface area contributed by atoms with Gasteiger partial charge < -0.3 is 25.8 Å². The number of nitrogens with zero attached hydrogens (tertiary/aromatic N) is 1. The molecular formula is C29H30N4O8S. The molecule has 0 aromatic heterocycles. The maximum absolute atomic E-state index is 13.2. The lowest BCUT2D eigenvalue weighted by Crippen LogP contribution is -2.53. The molecule has 220 valence electrons. The summed E-state index contributed by atoms with van der Waals surface area (Å²) in [5.41, 5.74) is 7.39. The summed E-state index contributed by atoms with van der Waals surface area (Å²) in [7, 11) is 0. The number of nitrogens with one attached hydrogen (secondary N) is 2. The Hall–Kier alpha value is -4.91. The Morgan fingerprint density at radius 3 is 1.95 bits per heavy atom. The van der Waals surface area contributed by atoms with Gasteiger partial charge >= 0.3 is 12.1 Å². The Balaban J connectivity index is 1.64. The lowest BCUT2D eigenvalue weighted by Gasteiger charge is -2.22. The molecule has 0 fully saturated rings. The third-order valence-electron chi connectivity index (χ3n) is 5.75. The van der Waals surface area contributed by atoms with Crippen LogP contribution in [-0.4, -0.2) is 46.6 Å². The minimum Gasteiger partial charge on any atom is -0.459 e. The van der Waals surface area contributed by atoms with Gasteiger partial charge in [0.05, 0.1) is 11.3 Å². The fraction of sp³-hybridized carbons (Fsp3) is 0.241. The molecule has 13 heteroatoms. The number of benzene rings is 3. The highest BCUT2D eigenvalue weighted by atomic mass is 32.2. The number of hydrogen-bond acceptors (Lipinski definition) is 9. The fourth-order valence-corrected chi connectivity index (χ4v) is 4.61. The van der Waals surface area contributed by atoms with Gasteiger partial charge in [0.1, 0.15) is 25.3 Å². The molecule has 0 radical (unpaired) electrons. The molecule has 42 heavy (non-hydrogen) atoms. The SMILES string of the molecule is NC(=O)C[C@H](NC(=O)[C@H](CSCc1ccccc1)NC(=O)OCc1ccccc1)C(=O)OCc1ccc([N+](=O)[O-])cc1. The van der Waals surface area contributed by atoms with E-state index in [0.717, 1.165) is 11.1 Å². The zero-order valence-corrected chi connectivity index (χ0v) is 23.3. The van der Waals surface area contributed by atoms with Gasteiger partial charge in [0.15, 0.2) is 0 Å². The van der Waals surface area contributed by atoms with Crippen molar-refractivity contribution in [1.29, 1.82) is 0 Å². The average molecular weight is 595 g/mol. The monoisotopic (exact) mass is 594 g/mol. The summed E-state index contributed by atoms with van der Waals surface area (Å²) >= 11 is 1.37. The number of ether oxygens (including phenoxy) is 2. The van der Waals surface area contributed by atoms with Crippen molar-refractivity contribution in [3.63, 3.8) is 0 Å². The van der Waals surface area contributed by atoms with Crippen LogP contribution in [0.5, 0.6) is 0 Å². The van der Waals surface area contributed by atoms with E-state index in [1.807, 2.05) is 36.4 Å². The number of alkyl carbamates (subject to hydrolysis) is 1. The van der Waals surface area contributed by atoms with Crippen molar-refractivity contribution in [1.82, 2.24) is 10.6 Å². The van der Waals surface area contributed by atoms with E-state index in [1.165, 1.54) is 36.0 Å². The van der Waals surface area contributed by atoms with Gasteiger partial charge in [0, 0.05) is 23.6 Å². The van der Waals surface area contributed by atoms with E-state index in [1.54, 1.807) is 24.3 Å². The van der Waals surface area contributed by atoms with E-state index in [4.69, 9.17) is 15.2 Å². The summed E-state index contributed by atoms with van der Waals surface area (Å²) < 4.78 is 10.5. The molecule has 0 spiro atoms. The molecule has 3 aromatic rings. The number of esters is 1. The highest BCUT2D eigenvalue weighted by molar-refractivity contribution is 7.98. The highest BCUT2D eigenvalue weighted by Gasteiger charge is 2.29. The van der Waals surface area contributed by atoms with Crippen molar-refractivity contribution in [2.24, 2.45) is 5.73 Å². The first kappa shape index (κ1) is 31.6. The Morgan fingerprint density at radius 2 is 1.36 bits per heavy atom. The van der Waals surface area contributed by atoms with Gasteiger partial charge in [0.25, 0.3) is 5.69 Å². The van der Waals surface area contributed by atoms with Crippen molar-refractivity contribution in [3.05, 3.63) is 112 Å². The van der Waals surface area contributed by atoms with E-state index in [2.05, 4.69) is 10.6 Å². The average Bonchev–Trinajstić information content (AvgIpc) is 2.99. The van der Waals surface area contributed by atoms with Crippen molar-refractivity contribution in [2.45, 2.75) is 37.5 Å². The second kappa shape index (κ2) is 16.4. The Morgan fingerprint density at radius 1 is 0.786 bits per heavy atom. The molecule has 0 bridgehead atoms. The number of rotatable bonds is 15. The number of nitrogens with two attached hydrogens (primary N) is 1. The molecule has 3 aromatic carbocycles. The normalized spacial score (nSPS) is 11.9. The smallest absolute Gasteiger partial charge is 0.408 e. The Kier molecular flexibility index (Phi) is 12.3. The Bertz CT molecular complexity index is 1360. The van der Waals surface area contributed by atoms with Crippen LogP contribution in [0, 0.1) is 10.1 Å². The molecule has 0 saturated carbocycles. The summed E-state index contributed by atoms with van der Waals surface area (Å²) in [6.07, 6.45) is -1.39. The molecule has 0 unspecified atom stereocenters. The molecule has 0 aliphatic heterocycles. The minimum absolute atomic E-state index is 0.0164. The summed E-state index contributed by atoms with van der Waals surface area (Å²) in [6, 6.07) is 21.3.